The molecule has 0 N–H and O–H groups in total. The minimum absolute atomic E-state index is 0.247. The Bertz CT molecular complexity index is 518. The lowest BCUT2D eigenvalue weighted by atomic mass is 9.48. The van der Waals surface area contributed by atoms with Crippen LogP contribution in [0.3, 0.4) is 0 Å². The Kier molecular flexibility index (Phi) is 2.09. The van der Waals surface area contributed by atoms with Gasteiger partial charge in [-0.15, -0.1) is 0 Å². The highest BCUT2D eigenvalue weighted by Crippen LogP contribution is 2.61. The van der Waals surface area contributed by atoms with E-state index < -0.39 is 0 Å². The minimum Gasteiger partial charge on any atom is -0.380 e. The van der Waals surface area contributed by atoms with Crippen LogP contribution < -0.4 is 0 Å². The van der Waals surface area contributed by atoms with E-state index in [9.17, 15) is 0 Å². The van der Waals surface area contributed by atoms with E-state index >= 15 is 0 Å². The predicted molar refractivity (Wildman–Crippen MR) is 72.6 cm³/mol. The van der Waals surface area contributed by atoms with Crippen LogP contribution in [0.1, 0.15) is 30.9 Å². The second-order valence-electron chi connectivity index (χ2n) is 6.32. The first kappa shape index (κ1) is 10.8. The van der Waals surface area contributed by atoms with Gasteiger partial charge in [-0.1, -0.05) is 43.3 Å². The highest BCUT2D eigenvalue weighted by atomic mass is 16.5. The third-order valence-electron chi connectivity index (χ3n) is 5.74. The molecule has 1 aliphatic heterocycles. The number of fused-ring (bicyclic) bond motifs is 1. The zero-order chi connectivity index (χ0) is 12.2. The van der Waals surface area contributed by atoms with Gasteiger partial charge >= 0.3 is 0 Å². The van der Waals surface area contributed by atoms with Crippen molar-refractivity contribution in [1.82, 2.24) is 0 Å². The molecule has 3 aliphatic rings. The van der Waals surface area contributed by atoms with Crippen molar-refractivity contribution in [2.45, 2.75) is 31.6 Å². The van der Waals surface area contributed by atoms with E-state index in [1.165, 1.54) is 19.3 Å². The van der Waals surface area contributed by atoms with Gasteiger partial charge in [0.25, 0.3) is 0 Å². The first-order valence-corrected chi connectivity index (χ1v) is 7.11. The summed E-state index contributed by atoms with van der Waals surface area (Å²) in [4.78, 5) is 0. The smallest absolute Gasteiger partial charge is 0.0575 e. The lowest BCUT2D eigenvalue weighted by Gasteiger charge is -2.53. The molecule has 1 heterocycles. The Morgan fingerprint density at radius 2 is 2.11 bits per heavy atom. The Balaban J connectivity index is 2.00. The highest BCUT2D eigenvalue weighted by molar-refractivity contribution is 5.44. The van der Waals surface area contributed by atoms with Crippen molar-refractivity contribution < 1.29 is 4.74 Å². The van der Waals surface area contributed by atoms with E-state index in [4.69, 9.17) is 4.74 Å². The quantitative estimate of drug-likeness (QED) is 0.631. The molecule has 4 rings (SSSR count). The van der Waals surface area contributed by atoms with Crippen LogP contribution in [0.2, 0.25) is 0 Å². The molecule has 1 nitrogen and oxygen atoms in total. The maximum atomic E-state index is 6.01. The average molecular weight is 240 g/mol. The van der Waals surface area contributed by atoms with Crippen LogP contribution in [-0.2, 0) is 16.6 Å². The molecule has 0 saturated carbocycles. The number of hydrogen-bond acceptors (Lipinski definition) is 1. The van der Waals surface area contributed by atoms with E-state index in [-0.39, 0.29) is 5.41 Å². The number of ether oxygens (including phenoxy) is 1. The van der Waals surface area contributed by atoms with Gasteiger partial charge in [-0.25, -0.2) is 0 Å². The summed E-state index contributed by atoms with van der Waals surface area (Å²) < 4.78 is 6.01. The minimum atomic E-state index is 0.247. The second kappa shape index (κ2) is 3.48. The number of allylic oxidation sites excluding steroid dienone is 2. The Hall–Kier alpha value is -1.08. The lowest BCUT2D eigenvalue weighted by Crippen LogP contribution is -2.53. The van der Waals surface area contributed by atoms with Crippen molar-refractivity contribution in [2.24, 2.45) is 11.3 Å². The molecule has 0 aromatic heterocycles. The van der Waals surface area contributed by atoms with E-state index in [2.05, 4.69) is 43.3 Å². The second-order valence-corrected chi connectivity index (χ2v) is 6.32. The molecule has 18 heavy (non-hydrogen) atoms. The fraction of sp³-hybridized carbons (Fsp3) is 0.529. The van der Waals surface area contributed by atoms with Gasteiger partial charge in [-0.3, -0.25) is 0 Å². The SMILES string of the molecule is CC1C=CCC23CCc4ccccc4C12COC3. The summed E-state index contributed by atoms with van der Waals surface area (Å²) >= 11 is 0. The highest BCUT2D eigenvalue weighted by Gasteiger charge is 2.61. The van der Waals surface area contributed by atoms with Crippen LogP contribution in [0.25, 0.3) is 0 Å². The van der Waals surface area contributed by atoms with Gasteiger partial charge in [-0.2, -0.15) is 0 Å². The molecule has 2 aliphatic carbocycles. The standard InChI is InChI=1S/C17H20O/c1-13-5-4-9-16-10-8-14-6-2-3-7-15(14)17(13,16)12-18-11-16/h2-7,13H,8-12H2,1H3. The summed E-state index contributed by atoms with van der Waals surface area (Å²) in [5.74, 6) is 0.593. The Morgan fingerprint density at radius 3 is 3.06 bits per heavy atom. The zero-order valence-electron chi connectivity index (χ0n) is 11.0. The fourth-order valence-electron chi connectivity index (χ4n) is 4.76. The molecule has 3 unspecified atom stereocenters. The normalized spacial score (nSPS) is 41.1. The molecule has 3 atom stereocenters. The summed E-state index contributed by atoms with van der Waals surface area (Å²) in [6.07, 6.45) is 8.52. The van der Waals surface area contributed by atoms with Gasteiger partial charge < -0.3 is 4.74 Å². The van der Waals surface area contributed by atoms with Gasteiger partial charge in [0, 0.05) is 10.8 Å². The maximum absolute atomic E-state index is 6.01. The fourth-order valence-corrected chi connectivity index (χ4v) is 4.76. The molecule has 1 saturated heterocycles. The molecule has 0 amide bonds. The average Bonchev–Trinajstić information content (AvgIpc) is 2.81. The number of aryl methyl sites for hydroxylation is 1. The van der Waals surface area contributed by atoms with E-state index in [0.29, 0.717) is 11.3 Å². The van der Waals surface area contributed by atoms with Crippen LogP contribution in [-0.4, -0.2) is 13.2 Å². The molecule has 1 aromatic carbocycles. The van der Waals surface area contributed by atoms with Gasteiger partial charge in [-0.05, 0) is 36.3 Å². The number of benzene rings is 1. The summed E-state index contributed by atoms with van der Waals surface area (Å²) in [6, 6.07) is 9.06. The Labute approximate surface area is 109 Å². The van der Waals surface area contributed by atoms with Gasteiger partial charge in [0.1, 0.15) is 0 Å². The van der Waals surface area contributed by atoms with Gasteiger partial charge in [0.05, 0.1) is 13.2 Å². The first-order valence-electron chi connectivity index (χ1n) is 7.11. The first-order chi connectivity index (χ1) is 8.79. The molecular formula is C17H20O. The predicted octanol–water partition coefficient (Wildman–Crippen LogP) is 3.48. The maximum Gasteiger partial charge on any atom is 0.0575 e. The summed E-state index contributed by atoms with van der Waals surface area (Å²) in [7, 11) is 0. The largest absolute Gasteiger partial charge is 0.380 e. The van der Waals surface area contributed by atoms with Crippen LogP contribution in [0.5, 0.6) is 0 Å². The number of hydrogen-bond donors (Lipinski definition) is 0. The molecule has 1 fully saturated rings. The van der Waals surface area contributed by atoms with Gasteiger partial charge in [0.15, 0.2) is 0 Å². The number of rotatable bonds is 0. The monoisotopic (exact) mass is 240 g/mol. The van der Waals surface area contributed by atoms with Crippen LogP contribution in [0.4, 0.5) is 0 Å². The van der Waals surface area contributed by atoms with E-state index in [0.717, 1.165) is 13.2 Å². The van der Waals surface area contributed by atoms with Crippen molar-refractivity contribution in [3.8, 4) is 0 Å². The van der Waals surface area contributed by atoms with Gasteiger partial charge in [0.2, 0.25) is 0 Å². The molecule has 0 radical (unpaired) electrons. The van der Waals surface area contributed by atoms with Crippen molar-refractivity contribution in [3.05, 3.63) is 47.5 Å². The summed E-state index contributed by atoms with van der Waals surface area (Å²) in [5.41, 5.74) is 3.75. The van der Waals surface area contributed by atoms with Crippen molar-refractivity contribution in [1.29, 1.82) is 0 Å². The molecule has 1 aromatic rings. The van der Waals surface area contributed by atoms with Crippen molar-refractivity contribution >= 4 is 0 Å². The van der Waals surface area contributed by atoms with Crippen molar-refractivity contribution in [2.75, 3.05) is 13.2 Å². The van der Waals surface area contributed by atoms with Crippen molar-refractivity contribution in [3.63, 3.8) is 0 Å². The third-order valence-corrected chi connectivity index (χ3v) is 5.74. The topological polar surface area (TPSA) is 9.23 Å². The molecule has 94 valence electrons. The van der Waals surface area contributed by atoms with Crippen LogP contribution in [0.15, 0.2) is 36.4 Å². The van der Waals surface area contributed by atoms with E-state index in [1.807, 2.05) is 0 Å². The van der Waals surface area contributed by atoms with E-state index in [1.54, 1.807) is 11.1 Å². The molecule has 0 spiro atoms. The molecule has 1 heteroatoms. The third kappa shape index (κ3) is 1.07. The van der Waals surface area contributed by atoms with Crippen LogP contribution in [0, 0.1) is 11.3 Å². The van der Waals surface area contributed by atoms with Crippen LogP contribution >= 0.6 is 0 Å². The molecular weight excluding hydrogens is 220 g/mol. The Morgan fingerprint density at radius 1 is 1.22 bits per heavy atom. The lowest BCUT2D eigenvalue weighted by molar-refractivity contribution is 0.0997. The summed E-state index contributed by atoms with van der Waals surface area (Å²) in [5, 5.41) is 0. The summed E-state index contributed by atoms with van der Waals surface area (Å²) in [6.45, 7) is 4.24. The molecule has 0 bridgehead atoms. The zero-order valence-corrected chi connectivity index (χ0v) is 11.0.